The van der Waals surface area contributed by atoms with Gasteiger partial charge in [-0.2, -0.15) is 0 Å². The molecule has 0 heterocycles. The molecule has 10 nitrogen and oxygen atoms in total. The fourth-order valence-corrected chi connectivity index (χ4v) is 7.85. The first kappa shape index (κ1) is 36.7. The number of carbonyl (C=O) groups excluding carboxylic acids is 2. The number of hydrogen-bond acceptors (Lipinski definition) is 6. The summed E-state index contributed by atoms with van der Waals surface area (Å²) >= 11 is 0. The van der Waals surface area contributed by atoms with E-state index in [9.17, 15) is 29.4 Å². The predicted molar refractivity (Wildman–Crippen MR) is 201 cm³/mol. The molecule has 0 atom stereocenters. The molecule has 2 N–H and O–H groups in total. The topological polar surface area (TPSA) is 134 Å². The average Bonchev–Trinajstić information content (AvgIpc) is 3.11. The molecule has 3 saturated carbocycles. The normalized spacial score (nSPS) is 20.7. The molecule has 2 amide bonds. The molecule has 3 fully saturated rings. The molecule has 3 aliphatic carbocycles. The van der Waals surface area contributed by atoms with Gasteiger partial charge in [-0.15, -0.1) is 0 Å². The molecular weight excluding hydrogens is 684 g/mol. The van der Waals surface area contributed by atoms with E-state index in [4.69, 9.17) is 9.47 Å². The third-order valence-electron chi connectivity index (χ3n) is 11.3. The van der Waals surface area contributed by atoms with Crippen LogP contribution in [0.5, 0.6) is 23.0 Å². The Hall–Kier alpha value is -5.64. The Bertz CT molecular complexity index is 1760. The molecule has 7 rings (SSSR count). The molecular formula is C44H46N2O8. The van der Waals surface area contributed by atoms with Crippen molar-refractivity contribution in [2.45, 2.75) is 51.6 Å². The van der Waals surface area contributed by atoms with Crippen molar-refractivity contribution in [1.82, 2.24) is 9.80 Å². The summed E-state index contributed by atoms with van der Waals surface area (Å²) in [5, 5.41) is 21.1. The third-order valence-corrected chi connectivity index (χ3v) is 11.3. The molecule has 280 valence electrons. The lowest BCUT2D eigenvalue weighted by Crippen LogP contribution is -2.64. The smallest absolute Gasteiger partial charge is 0.308 e. The summed E-state index contributed by atoms with van der Waals surface area (Å²) in [6.07, 6.45) is 5.87. The first-order valence-electron chi connectivity index (χ1n) is 18.9. The van der Waals surface area contributed by atoms with E-state index >= 15 is 0 Å². The molecule has 0 unspecified atom stereocenters. The van der Waals surface area contributed by atoms with Crippen LogP contribution in [0.25, 0.3) is 0 Å². The van der Waals surface area contributed by atoms with Gasteiger partial charge in [0, 0.05) is 26.2 Å². The fourth-order valence-electron chi connectivity index (χ4n) is 7.85. The monoisotopic (exact) mass is 730 g/mol. The van der Waals surface area contributed by atoms with Crippen LogP contribution in [0.2, 0.25) is 0 Å². The summed E-state index contributed by atoms with van der Waals surface area (Å²) in [6.45, 7) is 1.17. The number of para-hydroxylation sites is 2. The first-order valence-corrected chi connectivity index (χ1v) is 18.9. The van der Waals surface area contributed by atoms with Crippen molar-refractivity contribution >= 4 is 23.8 Å². The summed E-state index contributed by atoms with van der Waals surface area (Å²) in [7, 11) is 0. The second kappa shape index (κ2) is 16.6. The van der Waals surface area contributed by atoms with Gasteiger partial charge in [-0.05, 0) is 97.2 Å². The van der Waals surface area contributed by atoms with Gasteiger partial charge in [-0.25, -0.2) is 0 Å². The third kappa shape index (κ3) is 8.43. The van der Waals surface area contributed by atoms with E-state index in [2.05, 4.69) is 0 Å². The highest BCUT2D eigenvalue weighted by molar-refractivity contribution is 5.99. The van der Waals surface area contributed by atoms with E-state index in [1.54, 1.807) is 9.80 Å². The highest BCUT2D eigenvalue weighted by Gasteiger charge is 2.65. The molecule has 4 aromatic rings. The molecule has 0 bridgehead atoms. The second-order valence-corrected chi connectivity index (χ2v) is 14.9. The summed E-state index contributed by atoms with van der Waals surface area (Å²) in [5.74, 6) is -6.23. The van der Waals surface area contributed by atoms with E-state index in [1.165, 1.54) is 0 Å². The Morgan fingerprint density at radius 2 is 0.815 bits per heavy atom. The maximum absolute atomic E-state index is 14.4. The van der Waals surface area contributed by atoms with Crippen LogP contribution in [0.1, 0.15) is 49.7 Å². The predicted octanol–water partition coefficient (Wildman–Crippen LogP) is 7.88. The zero-order chi connectivity index (χ0) is 37.6. The fraction of sp³-hybridized carbons (Fsp3) is 0.364. The Morgan fingerprint density at radius 1 is 0.481 bits per heavy atom. The minimum absolute atomic E-state index is 0.187. The van der Waals surface area contributed by atoms with Crippen LogP contribution < -0.4 is 9.47 Å². The van der Waals surface area contributed by atoms with Crippen LogP contribution in [0.15, 0.2) is 109 Å². The highest BCUT2D eigenvalue weighted by atomic mass is 16.5. The summed E-state index contributed by atoms with van der Waals surface area (Å²) < 4.78 is 11.8. The maximum Gasteiger partial charge on any atom is 0.308 e. The maximum atomic E-state index is 14.4. The standard InChI is InChI=1S/C44H46N2O8/c47-41(45(25-29-9-7-10-29)27-31-17-21-35(22-18-31)53-33-13-3-1-4-14-33)37-39(43(49)50)38(40(37)44(51)52)42(48)46(26-30-11-8-12-30)28-32-19-23-36(24-20-32)54-34-15-5-2-6-16-34/h1-6,13-24,29-30,37-40H,7-12,25-28H2,(H,49,50)(H,51,52)/t37-,38-,39-,40-. The molecule has 0 saturated heterocycles. The van der Waals surface area contributed by atoms with Crippen molar-refractivity contribution in [3.8, 4) is 23.0 Å². The minimum Gasteiger partial charge on any atom is -0.481 e. The van der Waals surface area contributed by atoms with Crippen LogP contribution in [0.4, 0.5) is 0 Å². The SMILES string of the molecule is O=C(O)[C@H]1[C@H](C(=O)N(Cc2ccc(Oc3ccccc3)cc2)CC2CCC2)[C@H](C(=O)O)[C@H]1C(=O)N(Cc1ccc(Oc2ccccc2)cc1)CC1CCC1. The van der Waals surface area contributed by atoms with E-state index in [0.717, 1.165) is 49.7 Å². The van der Waals surface area contributed by atoms with E-state index < -0.39 is 47.4 Å². The van der Waals surface area contributed by atoms with Gasteiger partial charge in [0.25, 0.3) is 0 Å². The van der Waals surface area contributed by atoms with Crippen LogP contribution in [-0.2, 0) is 32.3 Å². The zero-order valence-corrected chi connectivity index (χ0v) is 30.2. The van der Waals surface area contributed by atoms with Crippen molar-refractivity contribution < 1.29 is 38.9 Å². The molecule has 0 radical (unpaired) electrons. The van der Waals surface area contributed by atoms with Crippen molar-refractivity contribution in [2.24, 2.45) is 35.5 Å². The van der Waals surface area contributed by atoms with Gasteiger partial charge < -0.3 is 29.5 Å². The highest BCUT2D eigenvalue weighted by Crippen LogP contribution is 2.49. The summed E-state index contributed by atoms with van der Waals surface area (Å²) in [5.41, 5.74) is 1.61. The number of amides is 2. The average molecular weight is 731 g/mol. The van der Waals surface area contributed by atoms with Gasteiger partial charge in [0.1, 0.15) is 23.0 Å². The lowest BCUT2D eigenvalue weighted by Gasteiger charge is -2.49. The van der Waals surface area contributed by atoms with Crippen molar-refractivity contribution in [2.75, 3.05) is 13.1 Å². The van der Waals surface area contributed by atoms with Gasteiger partial charge >= 0.3 is 11.9 Å². The number of aliphatic carboxylic acids is 2. The van der Waals surface area contributed by atoms with Crippen LogP contribution in [0, 0.1) is 35.5 Å². The summed E-state index contributed by atoms with van der Waals surface area (Å²) in [6, 6.07) is 33.4. The molecule has 0 aliphatic heterocycles. The van der Waals surface area contributed by atoms with Crippen molar-refractivity contribution in [3.05, 3.63) is 120 Å². The lowest BCUT2D eigenvalue weighted by atomic mass is 9.55. The number of ether oxygens (including phenoxy) is 2. The first-order chi connectivity index (χ1) is 26.2. The van der Waals surface area contributed by atoms with Crippen LogP contribution in [-0.4, -0.2) is 56.9 Å². The van der Waals surface area contributed by atoms with Gasteiger partial charge in [-0.1, -0.05) is 73.5 Å². The number of benzene rings is 4. The number of rotatable bonds is 16. The molecule has 0 spiro atoms. The van der Waals surface area contributed by atoms with E-state index in [-0.39, 0.29) is 24.9 Å². The Morgan fingerprint density at radius 3 is 1.11 bits per heavy atom. The Balaban J connectivity index is 1.09. The number of carboxylic acid groups (broad SMARTS) is 2. The van der Waals surface area contributed by atoms with Crippen molar-refractivity contribution in [1.29, 1.82) is 0 Å². The minimum atomic E-state index is -1.46. The van der Waals surface area contributed by atoms with Crippen LogP contribution in [0.3, 0.4) is 0 Å². The van der Waals surface area contributed by atoms with Crippen molar-refractivity contribution in [3.63, 3.8) is 0 Å². The number of nitrogens with zero attached hydrogens (tertiary/aromatic N) is 2. The molecule has 3 aliphatic rings. The quantitative estimate of drug-likeness (QED) is 0.119. The lowest BCUT2D eigenvalue weighted by molar-refractivity contribution is -0.188. The Labute approximate surface area is 315 Å². The Kier molecular flexibility index (Phi) is 11.3. The number of carbonyl (C=O) groups is 4. The second-order valence-electron chi connectivity index (χ2n) is 14.9. The molecule has 0 aromatic heterocycles. The molecule has 4 aromatic carbocycles. The molecule has 54 heavy (non-hydrogen) atoms. The summed E-state index contributed by atoms with van der Waals surface area (Å²) in [4.78, 5) is 57.9. The zero-order valence-electron chi connectivity index (χ0n) is 30.2. The number of hydrogen-bond donors (Lipinski definition) is 2. The largest absolute Gasteiger partial charge is 0.481 e. The van der Waals surface area contributed by atoms with E-state index in [1.807, 2.05) is 109 Å². The van der Waals surface area contributed by atoms with Gasteiger partial charge in [0.05, 0.1) is 23.7 Å². The van der Waals surface area contributed by atoms with Gasteiger partial charge in [0.15, 0.2) is 0 Å². The number of carboxylic acids is 2. The molecule has 10 heteroatoms. The van der Waals surface area contributed by atoms with Gasteiger partial charge in [-0.3, -0.25) is 19.2 Å². The van der Waals surface area contributed by atoms with Crippen LogP contribution >= 0.6 is 0 Å². The van der Waals surface area contributed by atoms with E-state index in [0.29, 0.717) is 36.1 Å². The van der Waals surface area contributed by atoms with Gasteiger partial charge in [0.2, 0.25) is 11.8 Å².